The monoisotopic (exact) mass is 391 g/mol. The number of nitrogens with zero attached hydrogens (tertiary/aromatic N) is 5. The molecule has 4 atom stereocenters. The summed E-state index contributed by atoms with van der Waals surface area (Å²) in [5.41, 5.74) is 12.9. The SMILES string of the molecule is CC(C)N(CCN)C[C@H]1O[C@@H](n2cnc3c(N)ncnc32)[C@@H]2OC(C)(C)O[C@@H]21. The number of nitrogens with two attached hydrogens (primary N) is 2. The summed E-state index contributed by atoms with van der Waals surface area (Å²) in [6.45, 7) is 10.2. The van der Waals surface area contributed by atoms with Crippen molar-refractivity contribution < 1.29 is 14.2 Å². The third-order valence-electron chi connectivity index (χ3n) is 5.35. The predicted molar refractivity (Wildman–Crippen MR) is 103 cm³/mol. The molecule has 0 unspecified atom stereocenters. The van der Waals surface area contributed by atoms with Gasteiger partial charge >= 0.3 is 0 Å². The van der Waals surface area contributed by atoms with Crippen molar-refractivity contribution in [2.75, 3.05) is 25.4 Å². The first-order chi connectivity index (χ1) is 13.3. The van der Waals surface area contributed by atoms with E-state index >= 15 is 0 Å². The van der Waals surface area contributed by atoms with E-state index < -0.39 is 12.0 Å². The summed E-state index contributed by atoms with van der Waals surface area (Å²) in [6.07, 6.45) is 2.05. The Morgan fingerprint density at radius 1 is 1.21 bits per heavy atom. The summed E-state index contributed by atoms with van der Waals surface area (Å²) in [4.78, 5) is 15.0. The molecule has 2 aliphatic heterocycles. The summed E-state index contributed by atoms with van der Waals surface area (Å²) in [7, 11) is 0. The molecule has 2 fully saturated rings. The van der Waals surface area contributed by atoms with E-state index in [1.54, 1.807) is 6.33 Å². The van der Waals surface area contributed by atoms with Gasteiger partial charge < -0.3 is 25.7 Å². The molecule has 0 bridgehead atoms. The Bertz CT molecular complexity index is 840. The zero-order valence-electron chi connectivity index (χ0n) is 16.8. The number of nitrogen functional groups attached to an aromatic ring is 1. The zero-order valence-corrected chi connectivity index (χ0v) is 16.8. The second-order valence-corrected chi connectivity index (χ2v) is 8.09. The highest BCUT2D eigenvalue weighted by Crippen LogP contribution is 2.44. The minimum Gasteiger partial charge on any atom is -0.382 e. The van der Waals surface area contributed by atoms with E-state index in [-0.39, 0.29) is 18.3 Å². The maximum absolute atomic E-state index is 6.43. The topological polar surface area (TPSA) is 127 Å². The van der Waals surface area contributed by atoms with Crippen molar-refractivity contribution in [1.82, 2.24) is 24.4 Å². The average Bonchev–Trinajstić information content (AvgIpc) is 3.27. The van der Waals surface area contributed by atoms with Crippen molar-refractivity contribution in [3.8, 4) is 0 Å². The minimum absolute atomic E-state index is 0.164. The molecular weight excluding hydrogens is 362 g/mol. The van der Waals surface area contributed by atoms with Crippen LogP contribution in [-0.2, 0) is 14.2 Å². The van der Waals surface area contributed by atoms with Gasteiger partial charge in [-0.2, -0.15) is 0 Å². The molecule has 2 saturated heterocycles. The largest absolute Gasteiger partial charge is 0.382 e. The van der Waals surface area contributed by atoms with E-state index in [2.05, 4.69) is 33.7 Å². The first-order valence-electron chi connectivity index (χ1n) is 9.69. The Labute approximate surface area is 164 Å². The normalized spacial score (nSPS) is 29.2. The van der Waals surface area contributed by atoms with Crippen LogP contribution >= 0.6 is 0 Å². The molecule has 10 heteroatoms. The van der Waals surface area contributed by atoms with Gasteiger partial charge in [-0.25, -0.2) is 15.0 Å². The molecule has 4 heterocycles. The Hall–Kier alpha value is -1.85. The molecule has 0 aliphatic carbocycles. The molecule has 0 saturated carbocycles. The summed E-state index contributed by atoms with van der Waals surface area (Å²) in [5, 5.41) is 0. The second kappa shape index (κ2) is 7.20. The first kappa shape index (κ1) is 19.5. The van der Waals surface area contributed by atoms with Crippen LogP contribution in [0.5, 0.6) is 0 Å². The number of ether oxygens (including phenoxy) is 3. The molecule has 4 N–H and O–H groups in total. The lowest BCUT2D eigenvalue weighted by Crippen LogP contribution is -2.44. The Balaban J connectivity index is 1.65. The number of fused-ring (bicyclic) bond motifs is 2. The fraction of sp³-hybridized carbons (Fsp3) is 0.722. The standard InChI is InChI=1S/C18H29N7O3/c1-10(2)24(6-5-19)7-11-13-14(28-18(3,4)27-13)17(26-11)25-9-23-12-15(20)21-8-22-16(12)25/h8-11,13-14,17H,5-7,19H2,1-4H3,(H2,20,21,22)/t11-,13-,14-,17-/m1/s1. The second-order valence-electron chi connectivity index (χ2n) is 8.09. The van der Waals surface area contributed by atoms with Crippen molar-refractivity contribution in [2.24, 2.45) is 5.73 Å². The van der Waals surface area contributed by atoms with Gasteiger partial charge in [0.15, 0.2) is 23.5 Å². The van der Waals surface area contributed by atoms with Crippen molar-refractivity contribution in [1.29, 1.82) is 0 Å². The summed E-state index contributed by atoms with van der Waals surface area (Å²) in [6, 6.07) is 0.349. The molecule has 0 amide bonds. The van der Waals surface area contributed by atoms with E-state index in [0.717, 1.165) is 6.54 Å². The van der Waals surface area contributed by atoms with Gasteiger partial charge in [-0.1, -0.05) is 0 Å². The van der Waals surface area contributed by atoms with Crippen molar-refractivity contribution in [3.63, 3.8) is 0 Å². The van der Waals surface area contributed by atoms with Crippen LogP contribution in [0.2, 0.25) is 0 Å². The first-order valence-corrected chi connectivity index (χ1v) is 9.69. The zero-order chi connectivity index (χ0) is 20.1. The van der Waals surface area contributed by atoms with Gasteiger partial charge in [0.2, 0.25) is 0 Å². The third kappa shape index (κ3) is 3.35. The summed E-state index contributed by atoms with van der Waals surface area (Å²) >= 11 is 0. The molecule has 0 radical (unpaired) electrons. The fourth-order valence-corrected chi connectivity index (χ4v) is 4.04. The number of anilines is 1. The third-order valence-corrected chi connectivity index (χ3v) is 5.35. The van der Waals surface area contributed by atoms with Crippen LogP contribution in [0.25, 0.3) is 11.2 Å². The van der Waals surface area contributed by atoms with Crippen LogP contribution in [-0.4, -0.2) is 74.2 Å². The number of hydrogen-bond donors (Lipinski definition) is 2. The summed E-state index contributed by atoms with van der Waals surface area (Å²) < 4.78 is 20.7. The predicted octanol–water partition coefficient (Wildman–Crippen LogP) is 0.495. The van der Waals surface area contributed by atoms with Crippen molar-refractivity contribution in [2.45, 2.75) is 64.1 Å². The van der Waals surface area contributed by atoms with Gasteiger partial charge in [-0.3, -0.25) is 9.47 Å². The van der Waals surface area contributed by atoms with E-state index in [1.807, 2.05) is 18.4 Å². The van der Waals surface area contributed by atoms with E-state index in [4.69, 9.17) is 25.7 Å². The molecule has 154 valence electrons. The minimum atomic E-state index is -0.684. The molecule has 0 aromatic carbocycles. The Morgan fingerprint density at radius 2 is 1.96 bits per heavy atom. The van der Waals surface area contributed by atoms with Gasteiger partial charge in [0, 0.05) is 25.7 Å². The lowest BCUT2D eigenvalue weighted by atomic mass is 10.1. The van der Waals surface area contributed by atoms with Gasteiger partial charge in [0.05, 0.1) is 6.33 Å². The molecule has 0 spiro atoms. The molecule has 28 heavy (non-hydrogen) atoms. The van der Waals surface area contributed by atoms with E-state index in [9.17, 15) is 0 Å². The van der Waals surface area contributed by atoms with Crippen LogP contribution in [0, 0.1) is 0 Å². The van der Waals surface area contributed by atoms with Crippen LogP contribution in [0.4, 0.5) is 5.82 Å². The number of imidazole rings is 1. The molecular formula is C18H29N7O3. The van der Waals surface area contributed by atoms with E-state index in [1.165, 1.54) is 6.33 Å². The Kier molecular flexibility index (Phi) is 5.00. The highest BCUT2D eigenvalue weighted by Gasteiger charge is 2.56. The smallest absolute Gasteiger partial charge is 0.167 e. The lowest BCUT2D eigenvalue weighted by Gasteiger charge is -2.31. The molecule has 2 aromatic rings. The van der Waals surface area contributed by atoms with E-state index in [0.29, 0.717) is 36.1 Å². The van der Waals surface area contributed by atoms with Gasteiger partial charge in [-0.05, 0) is 27.7 Å². The number of rotatable bonds is 6. The molecule has 2 aliphatic rings. The number of aromatic nitrogens is 4. The maximum atomic E-state index is 6.43. The maximum Gasteiger partial charge on any atom is 0.167 e. The average molecular weight is 391 g/mol. The highest BCUT2D eigenvalue weighted by molar-refractivity contribution is 5.81. The van der Waals surface area contributed by atoms with Gasteiger partial charge in [-0.15, -0.1) is 0 Å². The van der Waals surface area contributed by atoms with Crippen LogP contribution in [0.15, 0.2) is 12.7 Å². The van der Waals surface area contributed by atoms with Crippen molar-refractivity contribution in [3.05, 3.63) is 12.7 Å². The molecule has 2 aromatic heterocycles. The van der Waals surface area contributed by atoms with Crippen LogP contribution in [0.1, 0.15) is 33.9 Å². The lowest BCUT2D eigenvalue weighted by molar-refractivity contribution is -0.198. The number of hydrogen-bond acceptors (Lipinski definition) is 9. The Morgan fingerprint density at radius 3 is 2.68 bits per heavy atom. The quantitative estimate of drug-likeness (QED) is 0.723. The van der Waals surface area contributed by atoms with Crippen LogP contribution in [0.3, 0.4) is 0 Å². The van der Waals surface area contributed by atoms with Crippen molar-refractivity contribution >= 4 is 17.0 Å². The fourth-order valence-electron chi connectivity index (χ4n) is 4.04. The van der Waals surface area contributed by atoms with Crippen LogP contribution < -0.4 is 11.5 Å². The van der Waals surface area contributed by atoms with Gasteiger partial charge in [0.1, 0.15) is 30.2 Å². The molecule has 4 rings (SSSR count). The molecule has 10 nitrogen and oxygen atoms in total. The van der Waals surface area contributed by atoms with Gasteiger partial charge in [0.25, 0.3) is 0 Å². The summed E-state index contributed by atoms with van der Waals surface area (Å²) in [5.74, 6) is -0.344. The highest BCUT2D eigenvalue weighted by atomic mass is 16.8.